The number of carbonyl (C=O) groups excluding carboxylic acids is 1. The van der Waals surface area contributed by atoms with Crippen LogP contribution in [0.2, 0.25) is 0 Å². The second-order valence-electron chi connectivity index (χ2n) is 3.58. The topological polar surface area (TPSA) is 57.5 Å². The van der Waals surface area contributed by atoms with E-state index in [4.69, 9.17) is 10.0 Å². The Morgan fingerprint density at radius 3 is 2.36 bits per heavy atom. The van der Waals surface area contributed by atoms with Crippen molar-refractivity contribution in [2.24, 2.45) is 0 Å². The van der Waals surface area contributed by atoms with Gasteiger partial charge in [-0.25, -0.2) is 0 Å². The summed E-state index contributed by atoms with van der Waals surface area (Å²) in [7, 11) is -1.52. The van der Waals surface area contributed by atoms with Crippen molar-refractivity contribution in [2.45, 2.75) is 19.8 Å². The summed E-state index contributed by atoms with van der Waals surface area (Å²) < 4.78 is 0. The van der Waals surface area contributed by atoms with Crippen molar-refractivity contribution in [2.75, 3.05) is 0 Å². The average molecular weight is 192 g/mol. The summed E-state index contributed by atoms with van der Waals surface area (Å²) in [5.41, 5.74) is 1.76. The second-order valence-corrected chi connectivity index (χ2v) is 3.58. The van der Waals surface area contributed by atoms with Gasteiger partial charge in [-0.15, -0.1) is 0 Å². The number of carbonyl (C=O) groups is 1. The lowest BCUT2D eigenvalue weighted by Crippen LogP contribution is -2.30. The molecule has 0 bridgehead atoms. The van der Waals surface area contributed by atoms with Crippen molar-refractivity contribution in [3.8, 4) is 0 Å². The molecule has 0 heterocycles. The SMILES string of the molecule is CC(C)c1cc(C=O)cc(B(O)O)c1. The van der Waals surface area contributed by atoms with Crippen LogP contribution >= 0.6 is 0 Å². The molecule has 0 aliphatic carbocycles. The first-order valence-electron chi connectivity index (χ1n) is 4.50. The lowest BCUT2D eigenvalue weighted by molar-refractivity contribution is 0.112. The van der Waals surface area contributed by atoms with E-state index in [2.05, 4.69) is 0 Å². The first-order chi connectivity index (χ1) is 6.54. The maximum atomic E-state index is 10.6. The molecule has 74 valence electrons. The second kappa shape index (κ2) is 4.40. The van der Waals surface area contributed by atoms with Crippen molar-refractivity contribution in [3.63, 3.8) is 0 Å². The summed E-state index contributed by atoms with van der Waals surface area (Å²) in [5.74, 6) is 0.257. The molecule has 0 atom stereocenters. The molecule has 1 aromatic carbocycles. The Hall–Kier alpha value is -1.13. The van der Waals surface area contributed by atoms with Gasteiger partial charge in [0.15, 0.2) is 0 Å². The smallest absolute Gasteiger partial charge is 0.423 e. The largest absolute Gasteiger partial charge is 0.488 e. The molecule has 0 radical (unpaired) electrons. The van der Waals surface area contributed by atoms with Crippen molar-refractivity contribution in [3.05, 3.63) is 29.3 Å². The van der Waals surface area contributed by atoms with Crippen molar-refractivity contribution >= 4 is 18.9 Å². The van der Waals surface area contributed by atoms with Crippen LogP contribution in [0.5, 0.6) is 0 Å². The van der Waals surface area contributed by atoms with E-state index >= 15 is 0 Å². The van der Waals surface area contributed by atoms with Crippen LogP contribution in [0.15, 0.2) is 18.2 Å². The lowest BCUT2D eigenvalue weighted by Gasteiger charge is -2.09. The molecule has 14 heavy (non-hydrogen) atoms. The molecule has 0 saturated carbocycles. The van der Waals surface area contributed by atoms with Crippen LogP contribution in [0.1, 0.15) is 35.7 Å². The minimum absolute atomic E-state index is 0.257. The Labute approximate surface area is 83.5 Å². The van der Waals surface area contributed by atoms with E-state index in [9.17, 15) is 4.79 Å². The summed E-state index contributed by atoms with van der Waals surface area (Å²) in [4.78, 5) is 10.6. The Morgan fingerprint density at radius 2 is 1.93 bits per heavy atom. The molecule has 1 rings (SSSR count). The fraction of sp³-hybridized carbons (Fsp3) is 0.300. The highest BCUT2D eigenvalue weighted by Crippen LogP contribution is 2.13. The summed E-state index contributed by atoms with van der Waals surface area (Å²) in [6, 6.07) is 4.93. The number of benzene rings is 1. The molecule has 0 aliphatic rings. The minimum atomic E-state index is -1.52. The third-order valence-corrected chi connectivity index (χ3v) is 2.10. The van der Waals surface area contributed by atoms with Crippen LogP contribution in [0.25, 0.3) is 0 Å². The zero-order valence-corrected chi connectivity index (χ0v) is 8.27. The Balaban J connectivity index is 3.20. The van der Waals surface area contributed by atoms with E-state index in [0.29, 0.717) is 17.3 Å². The van der Waals surface area contributed by atoms with E-state index in [0.717, 1.165) is 5.56 Å². The molecule has 0 saturated heterocycles. The van der Waals surface area contributed by atoms with Gasteiger partial charge in [-0.3, -0.25) is 4.79 Å². The number of hydrogen-bond acceptors (Lipinski definition) is 3. The van der Waals surface area contributed by atoms with E-state index in [1.54, 1.807) is 12.1 Å². The number of hydrogen-bond donors (Lipinski definition) is 2. The Morgan fingerprint density at radius 1 is 1.29 bits per heavy atom. The van der Waals surface area contributed by atoms with Gasteiger partial charge in [-0.05, 0) is 23.0 Å². The number of rotatable bonds is 3. The molecule has 0 amide bonds. The normalized spacial score (nSPS) is 10.4. The van der Waals surface area contributed by atoms with Crippen LogP contribution in [0.4, 0.5) is 0 Å². The minimum Gasteiger partial charge on any atom is -0.423 e. The van der Waals surface area contributed by atoms with Gasteiger partial charge in [-0.2, -0.15) is 0 Å². The molecule has 1 aromatic rings. The summed E-state index contributed by atoms with van der Waals surface area (Å²) in [6.07, 6.45) is 0.706. The molecule has 2 N–H and O–H groups in total. The molecular formula is C10H13BO3. The van der Waals surface area contributed by atoms with Gasteiger partial charge >= 0.3 is 7.12 Å². The van der Waals surface area contributed by atoms with E-state index < -0.39 is 7.12 Å². The van der Waals surface area contributed by atoms with Gasteiger partial charge in [0.05, 0.1) is 0 Å². The van der Waals surface area contributed by atoms with Gasteiger partial charge in [0.25, 0.3) is 0 Å². The molecule has 0 unspecified atom stereocenters. The average Bonchev–Trinajstić information content (AvgIpc) is 2.16. The van der Waals surface area contributed by atoms with Crippen LogP contribution in [-0.2, 0) is 0 Å². The quantitative estimate of drug-likeness (QED) is 0.534. The van der Waals surface area contributed by atoms with Crippen LogP contribution in [0, 0.1) is 0 Å². The third kappa shape index (κ3) is 2.43. The number of aldehydes is 1. The molecule has 0 fully saturated rings. The van der Waals surface area contributed by atoms with Gasteiger partial charge in [-0.1, -0.05) is 26.0 Å². The molecule has 3 nitrogen and oxygen atoms in total. The maximum absolute atomic E-state index is 10.6. The highest BCUT2D eigenvalue weighted by molar-refractivity contribution is 6.58. The van der Waals surface area contributed by atoms with Crippen LogP contribution in [0.3, 0.4) is 0 Å². The predicted molar refractivity (Wildman–Crippen MR) is 55.7 cm³/mol. The van der Waals surface area contributed by atoms with Gasteiger partial charge in [0.1, 0.15) is 6.29 Å². The monoisotopic (exact) mass is 192 g/mol. The van der Waals surface area contributed by atoms with Gasteiger partial charge in [0.2, 0.25) is 0 Å². The molecule has 0 spiro atoms. The zero-order chi connectivity index (χ0) is 10.7. The molecule has 4 heteroatoms. The summed E-state index contributed by atoms with van der Waals surface area (Å²) in [6.45, 7) is 3.97. The zero-order valence-electron chi connectivity index (χ0n) is 8.27. The van der Waals surface area contributed by atoms with E-state index in [-0.39, 0.29) is 5.92 Å². The van der Waals surface area contributed by atoms with Gasteiger partial charge in [0, 0.05) is 5.56 Å². The molecule has 0 aliphatic heterocycles. The fourth-order valence-corrected chi connectivity index (χ4v) is 1.25. The highest BCUT2D eigenvalue weighted by Gasteiger charge is 2.13. The first kappa shape index (κ1) is 11.0. The van der Waals surface area contributed by atoms with E-state index in [1.807, 2.05) is 13.8 Å². The predicted octanol–water partition coefficient (Wildman–Crippen LogP) is 0.302. The molecular weight excluding hydrogens is 179 g/mol. The maximum Gasteiger partial charge on any atom is 0.488 e. The van der Waals surface area contributed by atoms with Crippen LogP contribution < -0.4 is 5.46 Å². The van der Waals surface area contributed by atoms with E-state index in [1.165, 1.54) is 6.07 Å². The first-order valence-corrected chi connectivity index (χ1v) is 4.50. The third-order valence-electron chi connectivity index (χ3n) is 2.10. The lowest BCUT2D eigenvalue weighted by atomic mass is 9.78. The molecule has 0 aromatic heterocycles. The fourth-order valence-electron chi connectivity index (χ4n) is 1.25. The Bertz CT molecular complexity index is 308. The summed E-state index contributed by atoms with van der Waals surface area (Å²) >= 11 is 0. The van der Waals surface area contributed by atoms with Crippen LogP contribution in [-0.4, -0.2) is 23.5 Å². The summed E-state index contributed by atoms with van der Waals surface area (Å²) in [5, 5.41) is 18.0. The van der Waals surface area contributed by atoms with Crippen molar-refractivity contribution in [1.82, 2.24) is 0 Å². The van der Waals surface area contributed by atoms with Gasteiger partial charge < -0.3 is 10.0 Å². The standard InChI is InChI=1S/C10H13BO3/c1-7(2)9-3-8(6-12)4-10(5-9)11(13)14/h3-7,13-14H,1-2H3. The Kier molecular flexibility index (Phi) is 3.44. The van der Waals surface area contributed by atoms with Crippen molar-refractivity contribution < 1.29 is 14.8 Å². The van der Waals surface area contributed by atoms with Crippen molar-refractivity contribution in [1.29, 1.82) is 0 Å². The highest BCUT2D eigenvalue weighted by atomic mass is 16.4.